The molecule has 0 heterocycles. The molecule has 0 saturated heterocycles. The zero-order valence-electron chi connectivity index (χ0n) is 11.8. The minimum atomic E-state index is -3.71. The molecule has 0 aliphatic rings. The van der Waals surface area contributed by atoms with Gasteiger partial charge in [0.25, 0.3) is 0 Å². The van der Waals surface area contributed by atoms with Crippen molar-refractivity contribution in [2.24, 2.45) is 0 Å². The van der Waals surface area contributed by atoms with Crippen molar-refractivity contribution >= 4 is 16.0 Å². The lowest BCUT2D eigenvalue weighted by Gasteiger charge is -2.16. The first-order valence-electron chi connectivity index (χ1n) is 6.26. The summed E-state index contributed by atoms with van der Waals surface area (Å²) in [4.78, 5) is 11.4. The highest BCUT2D eigenvalue weighted by Gasteiger charge is 2.23. The number of esters is 1. The molecule has 0 aliphatic carbocycles. The highest BCUT2D eigenvalue weighted by atomic mass is 32.2. The van der Waals surface area contributed by atoms with Crippen LogP contribution in [0, 0.1) is 0 Å². The number of carbonyl (C=O) groups is 1. The maximum absolute atomic E-state index is 12.2. The first kappa shape index (κ1) is 16.5. The molecule has 0 radical (unpaired) electrons. The number of benzene rings is 1. The van der Waals surface area contributed by atoms with Crippen molar-refractivity contribution in [1.82, 2.24) is 4.31 Å². The minimum absolute atomic E-state index is 0.104. The summed E-state index contributed by atoms with van der Waals surface area (Å²) in [7, 11) is -2.37. The van der Waals surface area contributed by atoms with Gasteiger partial charge in [-0.25, -0.2) is 8.42 Å². The maximum atomic E-state index is 12.2. The van der Waals surface area contributed by atoms with Gasteiger partial charge in [-0.05, 0) is 38.1 Å². The third-order valence-corrected chi connectivity index (χ3v) is 4.32. The zero-order valence-corrected chi connectivity index (χ0v) is 12.6. The van der Waals surface area contributed by atoms with E-state index in [1.165, 1.54) is 19.2 Å². The molecule has 112 valence electrons. The molecule has 0 aromatic heterocycles. The normalized spacial score (nSPS) is 11.4. The molecule has 0 saturated carbocycles. The topological polar surface area (TPSA) is 72.9 Å². The third kappa shape index (κ3) is 4.21. The van der Waals surface area contributed by atoms with Gasteiger partial charge in [0.1, 0.15) is 12.3 Å². The predicted octanol–water partition coefficient (Wildman–Crippen LogP) is 1.27. The Kier molecular flexibility index (Phi) is 5.97. The molecule has 6 nitrogen and oxygen atoms in total. The third-order valence-electron chi connectivity index (χ3n) is 2.50. The van der Waals surface area contributed by atoms with Crippen LogP contribution in [0.4, 0.5) is 0 Å². The summed E-state index contributed by atoms with van der Waals surface area (Å²) in [5, 5.41) is 0. The zero-order chi connectivity index (χ0) is 15.2. The van der Waals surface area contributed by atoms with E-state index in [1.54, 1.807) is 19.1 Å². The van der Waals surface area contributed by atoms with Crippen LogP contribution in [0.25, 0.3) is 0 Å². The Balaban J connectivity index is 2.84. The number of hydrogen-bond acceptors (Lipinski definition) is 5. The molecule has 1 aromatic rings. The van der Waals surface area contributed by atoms with Crippen molar-refractivity contribution in [2.75, 3.05) is 26.8 Å². The fourth-order valence-electron chi connectivity index (χ4n) is 1.53. The van der Waals surface area contributed by atoms with E-state index in [1.807, 2.05) is 6.92 Å². The molecule has 0 atom stereocenters. The second kappa shape index (κ2) is 7.25. The molecule has 0 spiro atoms. The molecule has 0 unspecified atom stereocenters. The van der Waals surface area contributed by atoms with Crippen LogP contribution < -0.4 is 4.74 Å². The fourth-order valence-corrected chi connectivity index (χ4v) is 2.64. The average molecular weight is 301 g/mol. The number of likely N-dealkylation sites (N-methyl/N-ethyl adjacent to an activating group) is 1. The van der Waals surface area contributed by atoms with Gasteiger partial charge in [0, 0.05) is 7.05 Å². The molecular formula is C13H19NO5S. The first-order valence-corrected chi connectivity index (χ1v) is 7.70. The lowest BCUT2D eigenvalue weighted by molar-refractivity contribution is -0.143. The SMILES string of the molecule is CCOC(=O)CN(C)S(=O)(=O)c1ccc(OCC)cc1. The maximum Gasteiger partial charge on any atom is 0.321 e. The molecule has 0 aliphatic heterocycles. The summed E-state index contributed by atoms with van der Waals surface area (Å²) in [5.74, 6) is 0.0176. The minimum Gasteiger partial charge on any atom is -0.494 e. The van der Waals surface area contributed by atoms with Crippen molar-refractivity contribution in [1.29, 1.82) is 0 Å². The second-order valence-electron chi connectivity index (χ2n) is 3.97. The van der Waals surface area contributed by atoms with E-state index >= 15 is 0 Å². The molecular weight excluding hydrogens is 282 g/mol. The van der Waals surface area contributed by atoms with Crippen LogP contribution in [0.1, 0.15) is 13.8 Å². The Hall–Kier alpha value is -1.60. The summed E-state index contributed by atoms with van der Waals surface area (Å²) in [5.41, 5.74) is 0. The molecule has 20 heavy (non-hydrogen) atoms. The molecule has 0 amide bonds. The van der Waals surface area contributed by atoms with Crippen LogP contribution in [0.15, 0.2) is 29.2 Å². The van der Waals surface area contributed by atoms with E-state index in [2.05, 4.69) is 0 Å². The molecule has 1 rings (SSSR count). The van der Waals surface area contributed by atoms with Gasteiger partial charge >= 0.3 is 5.97 Å². The molecule has 0 bridgehead atoms. The van der Waals surface area contributed by atoms with E-state index in [0.717, 1.165) is 4.31 Å². The number of carbonyl (C=O) groups excluding carboxylic acids is 1. The highest BCUT2D eigenvalue weighted by Crippen LogP contribution is 2.18. The number of ether oxygens (including phenoxy) is 2. The summed E-state index contributed by atoms with van der Waals surface area (Å²) in [6, 6.07) is 6.05. The van der Waals surface area contributed by atoms with Crippen LogP contribution in [0.5, 0.6) is 5.75 Å². The average Bonchev–Trinajstić information content (AvgIpc) is 2.40. The first-order chi connectivity index (χ1) is 9.41. The Morgan fingerprint density at radius 3 is 2.25 bits per heavy atom. The van der Waals surface area contributed by atoms with Crippen molar-refractivity contribution in [3.05, 3.63) is 24.3 Å². The van der Waals surface area contributed by atoms with Gasteiger partial charge in [0.05, 0.1) is 18.1 Å². The Bertz CT molecular complexity index is 538. The molecule has 7 heteroatoms. The van der Waals surface area contributed by atoms with Gasteiger partial charge in [-0.2, -0.15) is 4.31 Å². The van der Waals surface area contributed by atoms with Crippen molar-refractivity contribution in [3.63, 3.8) is 0 Å². The standard InChI is InChI=1S/C13H19NO5S/c1-4-18-11-6-8-12(9-7-11)20(16,17)14(3)10-13(15)19-5-2/h6-9H,4-5,10H2,1-3H3. The van der Waals surface area contributed by atoms with Gasteiger partial charge in [-0.3, -0.25) is 4.79 Å². The van der Waals surface area contributed by atoms with Crippen LogP contribution >= 0.6 is 0 Å². The molecule has 1 aromatic carbocycles. The summed E-state index contributed by atoms with van der Waals surface area (Å²) >= 11 is 0. The largest absolute Gasteiger partial charge is 0.494 e. The van der Waals surface area contributed by atoms with Crippen LogP contribution in [0.3, 0.4) is 0 Å². The van der Waals surface area contributed by atoms with Gasteiger partial charge in [0.15, 0.2) is 0 Å². The van der Waals surface area contributed by atoms with Crippen molar-refractivity contribution in [2.45, 2.75) is 18.7 Å². The Morgan fingerprint density at radius 2 is 1.75 bits per heavy atom. The van der Waals surface area contributed by atoms with Crippen LogP contribution in [-0.4, -0.2) is 45.5 Å². The number of rotatable bonds is 7. The number of nitrogens with zero attached hydrogens (tertiary/aromatic N) is 1. The Labute approximate surface area is 119 Å². The fraction of sp³-hybridized carbons (Fsp3) is 0.462. The second-order valence-corrected chi connectivity index (χ2v) is 6.02. The van der Waals surface area contributed by atoms with Gasteiger partial charge < -0.3 is 9.47 Å². The lowest BCUT2D eigenvalue weighted by Crippen LogP contribution is -2.33. The highest BCUT2D eigenvalue weighted by molar-refractivity contribution is 7.89. The summed E-state index contributed by atoms with van der Waals surface area (Å²) in [6.45, 7) is 3.92. The predicted molar refractivity (Wildman–Crippen MR) is 74.1 cm³/mol. The van der Waals surface area contributed by atoms with Crippen LogP contribution in [-0.2, 0) is 19.6 Å². The van der Waals surface area contributed by atoms with E-state index in [4.69, 9.17) is 9.47 Å². The lowest BCUT2D eigenvalue weighted by atomic mass is 10.3. The quantitative estimate of drug-likeness (QED) is 0.709. The summed E-state index contributed by atoms with van der Waals surface area (Å²) < 4.78 is 35.4. The van der Waals surface area contributed by atoms with Crippen molar-refractivity contribution in [3.8, 4) is 5.75 Å². The summed E-state index contributed by atoms with van der Waals surface area (Å²) in [6.07, 6.45) is 0. The van der Waals surface area contributed by atoms with E-state index in [0.29, 0.717) is 12.4 Å². The Morgan fingerprint density at radius 1 is 1.15 bits per heavy atom. The van der Waals surface area contributed by atoms with Crippen molar-refractivity contribution < 1.29 is 22.7 Å². The molecule has 0 fully saturated rings. The van der Waals surface area contributed by atoms with Gasteiger partial charge in [-0.15, -0.1) is 0 Å². The number of sulfonamides is 1. The van der Waals surface area contributed by atoms with E-state index in [9.17, 15) is 13.2 Å². The van der Waals surface area contributed by atoms with E-state index < -0.39 is 16.0 Å². The monoisotopic (exact) mass is 301 g/mol. The smallest absolute Gasteiger partial charge is 0.321 e. The molecule has 0 N–H and O–H groups in total. The van der Waals surface area contributed by atoms with Gasteiger partial charge in [-0.1, -0.05) is 0 Å². The van der Waals surface area contributed by atoms with Crippen LogP contribution in [0.2, 0.25) is 0 Å². The van der Waals surface area contributed by atoms with E-state index in [-0.39, 0.29) is 18.0 Å². The van der Waals surface area contributed by atoms with Gasteiger partial charge in [0.2, 0.25) is 10.0 Å². The number of hydrogen-bond donors (Lipinski definition) is 0.